The molecule has 0 heterocycles. The maximum atomic E-state index is 11.2. The maximum Gasteiger partial charge on any atom is 0.261 e. The van der Waals surface area contributed by atoms with Crippen molar-refractivity contribution in [1.29, 1.82) is 0 Å². The molecule has 1 unspecified atom stereocenters. The van der Waals surface area contributed by atoms with Crippen molar-refractivity contribution in [3.8, 4) is 0 Å². The van der Waals surface area contributed by atoms with Gasteiger partial charge in [-0.25, -0.2) is 8.42 Å². The molecule has 0 aromatic heterocycles. The lowest BCUT2D eigenvalue weighted by Gasteiger charge is -2.03. The van der Waals surface area contributed by atoms with Crippen molar-refractivity contribution in [2.45, 2.75) is 24.6 Å². The molecule has 0 fully saturated rings. The van der Waals surface area contributed by atoms with Crippen molar-refractivity contribution in [2.24, 2.45) is 0 Å². The van der Waals surface area contributed by atoms with Gasteiger partial charge in [0.2, 0.25) is 0 Å². The zero-order chi connectivity index (χ0) is 10.8. The summed E-state index contributed by atoms with van der Waals surface area (Å²) in [6, 6.07) is 6.35. The van der Waals surface area contributed by atoms with Crippen LogP contribution in [0.15, 0.2) is 29.2 Å². The number of rotatable bonds is 3. The van der Waals surface area contributed by atoms with Gasteiger partial charge in [0.15, 0.2) is 0 Å². The number of hydrogen-bond donors (Lipinski definition) is 0. The standard InChI is InChI=1S/C9H11ClO2S/c1-2-5-8-6-3-4-7-9(8)13(10,11)12/h3-4,6-7H,2,5H2,1H3/i5T. The summed E-state index contributed by atoms with van der Waals surface area (Å²) in [5, 5.41) is 0. The van der Waals surface area contributed by atoms with Gasteiger partial charge in [-0.3, -0.25) is 0 Å². The summed E-state index contributed by atoms with van der Waals surface area (Å²) in [6.07, 6.45) is 0.0170. The van der Waals surface area contributed by atoms with Crippen molar-refractivity contribution < 1.29 is 9.79 Å². The van der Waals surface area contributed by atoms with Crippen molar-refractivity contribution in [3.63, 3.8) is 0 Å². The molecule has 13 heavy (non-hydrogen) atoms. The third-order valence-electron chi connectivity index (χ3n) is 1.61. The summed E-state index contributed by atoms with van der Waals surface area (Å²) in [5.74, 6) is 0. The fraction of sp³-hybridized carbons (Fsp3) is 0.333. The average molecular weight is 221 g/mol. The van der Waals surface area contributed by atoms with Crippen LogP contribution in [0.1, 0.15) is 20.3 Å². The van der Waals surface area contributed by atoms with E-state index in [1.807, 2.05) is 6.92 Å². The molecule has 0 spiro atoms. The first-order valence-corrected chi connectivity index (χ1v) is 6.23. The van der Waals surface area contributed by atoms with Crippen LogP contribution in [0.3, 0.4) is 0 Å². The SMILES string of the molecule is [3H]C(CC)c1ccccc1S(=O)(=O)Cl. The molecule has 0 amide bonds. The highest BCUT2D eigenvalue weighted by atomic mass is 35.7. The predicted octanol–water partition coefficient (Wildman–Crippen LogP) is 2.57. The number of halogens is 1. The molecule has 1 rings (SSSR count). The van der Waals surface area contributed by atoms with Crippen LogP contribution in [0.25, 0.3) is 0 Å². The third kappa shape index (κ3) is 2.71. The van der Waals surface area contributed by atoms with Crippen molar-refractivity contribution in [1.82, 2.24) is 0 Å². The van der Waals surface area contributed by atoms with E-state index < -0.39 is 15.4 Å². The van der Waals surface area contributed by atoms with E-state index in [2.05, 4.69) is 0 Å². The number of aryl methyl sites for hydroxylation is 1. The Balaban J connectivity index is 3.30. The average Bonchev–Trinajstić information content (AvgIpc) is 2.15. The molecular formula is C9H11ClO2S. The Hall–Kier alpha value is -0.540. The molecule has 4 heteroatoms. The van der Waals surface area contributed by atoms with E-state index in [1.54, 1.807) is 18.2 Å². The zero-order valence-electron chi connectivity index (χ0n) is 8.20. The van der Waals surface area contributed by atoms with Crippen LogP contribution < -0.4 is 0 Å². The van der Waals surface area contributed by atoms with E-state index in [1.165, 1.54) is 6.07 Å². The number of benzene rings is 1. The topological polar surface area (TPSA) is 34.1 Å². The molecule has 0 aliphatic rings. The van der Waals surface area contributed by atoms with Gasteiger partial charge in [-0.2, -0.15) is 0 Å². The summed E-state index contributed by atoms with van der Waals surface area (Å²) < 4.78 is 30.0. The van der Waals surface area contributed by atoms with Crippen LogP contribution in [0.4, 0.5) is 0 Å². The minimum atomic E-state index is -3.74. The summed E-state index contributed by atoms with van der Waals surface area (Å²) >= 11 is 0. The van der Waals surface area contributed by atoms with Crippen LogP contribution in [-0.2, 0) is 15.4 Å². The van der Waals surface area contributed by atoms with E-state index in [9.17, 15) is 8.42 Å². The van der Waals surface area contributed by atoms with Gasteiger partial charge in [-0.1, -0.05) is 31.5 Å². The second-order valence-electron chi connectivity index (χ2n) is 2.59. The molecule has 0 bridgehead atoms. The summed E-state index contributed by atoms with van der Waals surface area (Å²) in [6.45, 7) is 1.83. The first-order valence-electron chi connectivity index (χ1n) is 4.50. The second-order valence-corrected chi connectivity index (χ2v) is 5.12. The molecule has 1 aromatic rings. The van der Waals surface area contributed by atoms with E-state index in [-0.39, 0.29) is 4.90 Å². The van der Waals surface area contributed by atoms with Crippen LogP contribution in [0, 0.1) is 0 Å². The van der Waals surface area contributed by atoms with Crippen molar-refractivity contribution >= 4 is 19.7 Å². The highest BCUT2D eigenvalue weighted by Crippen LogP contribution is 2.20. The Morgan fingerprint density at radius 3 is 2.62 bits per heavy atom. The maximum absolute atomic E-state index is 11.2. The molecule has 1 atom stereocenters. The number of hydrogen-bond acceptors (Lipinski definition) is 2. The molecule has 0 radical (unpaired) electrons. The normalized spacial score (nSPS) is 15.1. The monoisotopic (exact) mass is 220 g/mol. The molecule has 72 valence electrons. The smallest absolute Gasteiger partial charge is 0.207 e. The van der Waals surface area contributed by atoms with Gasteiger partial charge < -0.3 is 0 Å². The summed E-state index contributed by atoms with van der Waals surface area (Å²) in [4.78, 5) is 0.0449. The van der Waals surface area contributed by atoms with E-state index in [0.29, 0.717) is 12.0 Å². The minimum absolute atomic E-state index is 0.0449. The van der Waals surface area contributed by atoms with E-state index >= 15 is 0 Å². The highest BCUT2D eigenvalue weighted by molar-refractivity contribution is 8.13. The molecule has 0 aliphatic carbocycles. The van der Waals surface area contributed by atoms with Crippen LogP contribution in [0.2, 0.25) is 0 Å². The van der Waals surface area contributed by atoms with Crippen LogP contribution in [-0.4, -0.2) is 8.42 Å². The molecular weight excluding hydrogens is 208 g/mol. The molecule has 2 nitrogen and oxygen atoms in total. The molecule has 1 aromatic carbocycles. The summed E-state index contributed by atoms with van der Waals surface area (Å²) in [7, 11) is 1.52. The largest absolute Gasteiger partial charge is 0.261 e. The highest BCUT2D eigenvalue weighted by Gasteiger charge is 2.13. The Bertz CT molecular complexity index is 417. The van der Waals surface area contributed by atoms with Gasteiger partial charge in [-0.05, 0) is 18.0 Å². The van der Waals surface area contributed by atoms with Gasteiger partial charge in [0.1, 0.15) is 0 Å². The van der Waals surface area contributed by atoms with E-state index in [0.717, 1.165) is 0 Å². The quantitative estimate of drug-likeness (QED) is 0.734. The Morgan fingerprint density at radius 1 is 1.46 bits per heavy atom. The minimum Gasteiger partial charge on any atom is -0.207 e. The molecule has 0 N–H and O–H groups in total. The molecule has 0 saturated carbocycles. The third-order valence-corrected chi connectivity index (χ3v) is 3.00. The predicted molar refractivity (Wildman–Crippen MR) is 53.5 cm³/mol. The van der Waals surface area contributed by atoms with Gasteiger partial charge in [0.05, 0.1) is 4.90 Å². The lowest BCUT2D eigenvalue weighted by atomic mass is 10.1. The fourth-order valence-electron chi connectivity index (χ4n) is 1.09. The van der Waals surface area contributed by atoms with Crippen LogP contribution >= 0.6 is 10.7 Å². The Kier molecular flexibility index (Phi) is 2.86. The summed E-state index contributed by atoms with van der Waals surface area (Å²) in [5.41, 5.74) is 0.463. The Morgan fingerprint density at radius 2 is 2.08 bits per heavy atom. The van der Waals surface area contributed by atoms with E-state index in [4.69, 9.17) is 12.1 Å². The van der Waals surface area contributed by atoms with Crippen LogP contribution in [0.5, 0.6) is 0 Å². The first kappa shape index (κ1) is 9.03. The second kappa shape index (κ2) is 4.11. The fourth-order valence-corrected chi connectivity index (χ4v) is 2.19. The van der Waals surface area contributed by atoms with Crippen molar-refractivity contribution in [3.05, 3.63) is 29.8 Å². The van der Waals surface area contributed by atoms with Gasteiger partial charge >= 0.3 is 0 Å². The van der Waals surface area contributed by atoms with Crippen molar-refractivity contribution in [2.75, 3.05) is 0 Å². The lowest BCUT2D eigenvalue weighted by Crippen LogP contribution is -1.97. The Labute approximate surface area is 84.4 Å². The van der Waals surface area contributed by atoms with Gasteiger partial charge in [0.25, 0.3) is 9.05 Å². The van der Waals surface area contributed by atoms with Gasteiger partial charge in [0, 0.05) is 12.1 Å². The first-order chi connectivity index (χ1) is 6.46. The lowest BCUT2D eigenvalue weighted by molar-refractivity contribution is 0.608. The molecule has 0 aliphatic heterocycles. The molecule has 0 saturated heterocycles. The van der Waals surface area contributed by atoms with Gasteiger partial charge in [-0.15, -0.1) is 0 Å². The zero-order valence-corrected chi connectivity index (χ0v) is 8.77.